The van der Waals surface area contributed by atoms with Crippen LogP contribution in [0.25, 0.3) is 10.9 Å². The Labute approximate surface area is 111 Å². The van der Waals surface area contributed by atoms with E-state index in [1.165, 1.54) is 6.07 Å². The van der Waals surface area contributed by atoms with Crippen molar-refractivity contribution in [2.45, 2.75) is 13.1 Å². The van der Waals surface area contributed by atoms with Gasteiger partial charge in [0.1, 0.15) is 11.2 Å². The minimum Gasteiger partial charge on any atom is -0.385 e. The van der Waals surface area contributed by atoms with Crippen LogP contribution in [-0.4, -0.2) is 11.5 Å². The number of rotatable bonds is 2. The Hall–Kier alpha value is -1.56. The van der Waals surface area contributed by atoms with Crippen molar-refractivity contribution >= 4 is 28.2 Å². The molecule has 1 N–H and O–H groups in total. The molecule has 0 spiro atoms. The Morgan fingerprint density at radius 1 is 1.26 bits per heavy atom. The van der Waals surface area contributed by atoms with Gasteiger partial charge in [-0.2, -0.15) is 13.2 Å². The molecule has 0 atom stereocenters. The van der Waals surface area contributed by atoms with Gasteiger partial charge in [-0.1, -0.05) is 11.6 Å². The van der Waals surface area contributed by atoms with Crippen molar-refractivity contribution in [2.75, 3.05) is 11.9 Å². The smallest absolute Gasteiger partial charge is 0.385 e. The van der Waals surface area contributed by atoms with Gasteiger partial charge in [0.15, 0.2) is 5.82 Å². The van der Waals surface area contributed by atoms with E-state index in [0.717, 1.165) is 12.1 Å². The van der Waals surface area contributed by atoms with Crippen LogP contribution in [0.15, 0.2) is 18.2 Å². The maximum absolute atomic E-state index is 13.7. The van der Waals surface area contributed by atoms with Gasteiger partial charge < -0.3 is 5.32 Å². The molecule has 2 nitrogen and oxygen atoms in total. The van der Waals surface area contributed by atoms with Gasteiger partial charge in [0.25, 0.3) is 0 Å². The maximum Gasteiger partial charge on any atom is 0.433 e. The van der Waals surface area contributed by atoms with Gasteiger partial charge in [-0.05, 0) is 25.1 Å². The second kappa shape index (κ2) is 4.85. The second-order valence-corrected chi connectivity index (χ2v) is 4.30. The number of aromatic nitrogens is 1. The van der Waals surface area contributed by atoms with Crippen molar-refractivity contribution in [3.63, 3.8) is 0 Å². The van der Waals surface area contributed by atoms with Crippen molar-refractivity contribution in [3.05, 3.63) is 34.7 Å². The quantitative estimate of drug-likeness (QED) is 0.826. The number of alkyl halides is 3. The van der Waals surface area contributed by atoms with Crippen LogP contribution in [0.5, 0.6) is 0 Å². The van der Waals surface area contributed by atoms with Crippen molar-refractivity contribution < 1.29 is 17.6 Å². The van der Waals surface area contributed by atoms with E-state index >= 15 is 0 Å². The summed E-state index contributed by atoms with van der Waals surface area (Å²) in [6, 6.07) is 3.17. The molecule has 1 aromatic heterocycles. The zero-order valence-corrected chi connectivity index (χ0v) is 10.5. The third kappa shape index (κ3) is 2.73. The van der Waals surface area contributed by atoms with E-state index in [4.69, 9.17) is 11.6 Å². The first-order valence-electron chi connectivity index (χ1n) is 5.43. The highest BCUT2D eigenvalue weighted by atomic mass is 35.5. The van der Waals surface area contributed by atoms with Gasteiger partial charge >= 0.3 is 6.18 Å². The predicted molar refractivity (Wildman–Crippen MR) is 65.9 cm³/mol. The first kappa shape index (κ1) is 13.9. The largest absolute Gasteiger partial charge is 0.433 e. The lowest BCUT2D eigenvalue weighted by Gasteiger charge is -2.13. The highest BCUT2D eigenvalue weighted by Crippen LogP contribution is 2.34. The zero-order valence-electron chi connectivity index (χ0n) is 9.78. The summed E-state index contributed by atoms with van der Waals surface area (Å²) < 4.78 is 51.8. The van der Waals surface area contributed by atoms with Gasteiger partial charge in [0.2, 0.25) is 0 Å². The summed E-state index contributed by atoms with van der Waals surface area (Å²) in [5.41, 5.74) is -1.34. The summed E-state index contributed by atoms with van der Waals surface area (Å²) in [5.74, 6) is -0.882. The monoisotopic (exact) mass is 292 g/mol. The van der Waals surface area contributed by atoms with E-state index in [1.807, 2.05) is 0 Å². The van der Waals surface area contributed by atoms with E-state index < -0.39 is 17.7 Å². The summed E-state index contributed by atoms with van der Waals surface area (Å²) in [6.07, 6.45) is -4.63. The number of halogens is 5. The normalized spacial score (nSPS) is 11.9. The number of hydrogen-bond acceptors (Lipinski definition) is 2. The Kier molecular flexibility index (Phi) is 3.54. The number of nitrogens with zero attached hydrogens (tertiary/aromatic N) is 1. The molecule has 0 aliphatic rings. The van der Waals surface area contributed by atoms with E-state index in [9.17, 15) is 17.6 Å². The SMILES string of the molecule is CCNc1cc(C(F)(F)F)nc2c(F)cc(Cl)cc12. The van der Waals surface area contributed by atoms with Crippen molar-refractivity contribution in [3.8, 4) is 0 Å². The lowest BCUT2D eigenvalue weighted by Crippen LogP contribution is -2.10. The van der Waals surface area contributed by atoms with E-state index in [2.05, 4.69) is 10.3 Å². The molecule has 0 radical (unpaired) electrons. The molecule has 0 amide bonds. The average molecular weight is 293 g/mol. The van der Waals surface area contributed by atoms with Gasteiger partial charge in [0, 0.05) is 22.6 Å². The number of anilines is 1. The van der Waals surface area contributed by atoms with Gasteiger partial charge in [-0.25, -0.2) is 9.37 Å². The van der Waals surface area contributed by atoms with Gasteiger partial charge in [-0.15, -0.1) is 0 Å². The van der Waals surface area contributed by atoms with Crippen LogP contribution in [0.4, 0.5) is 23.2 Å². The molecule has 0 saturated heterocycles. The molecule has 102 valence electrons. The number of nitrogens with one attached hydrogen (secondary N) is 1. The minimum atomic E-state index is -4.63. The molecule has 0 aliphatic heterocycles. The topological polar surface area (TPSA) is 24.9 Å². The number of hydrogen-bond donors (Lipinski definition) is 1. The summed E-state index contributed by atoms with van der Waals surface area (Å²) in [5, 5.41) is 3.08. The number of benzene rings is 1. The fourth-order valence-corrected chi connectivity index (χ4v) is 1.94. The molecule has 2 rings (SSSR count). The minimum absolute atomic E-state index is 0.103. The van der Waals surface area contributed by atoms with Crippen LogP contribution in [0.3, 0.4) is 0 Å². The molecule has 0 aliphatic carbocycles. The van der Waals surface area contributed by atoms with Crippen molar-refractivity contribution in [1.82, 2.24) is 4.98 Å². The van der Waals surface area contributed by atoms with Crippen LogP contribution >= 0.6 is 11.6 Å². The zero-order chi connectivity index (χ0) is 14.2. The molecule has 19 heavy (non-hydrogen) atoms. The molecule has 0 unspecified atom stereocenters. The Morgan fingerprint density at radius 2 is 1.95 bits per heavy atom. The van der Waals surface area contributed by atoms with E-state index in [1.54, 1.807) is 6.92 Å². The summed E-state index contributed by atoms with van der Waals surface area (Å²) in [6.45, 7) is 2.12. The molecule has 2 aromatic rings. The molecule has 7 heteroatoms. The summed E-state index contributed by atoms with van der Waals surface area (Å²) in [4.78, 5) is 3.33. The van der Waals surface area contributed by atoms with Crippen molar-refractivity contribution in [1.29, 1.82) is 0 Å². The molecular formula is C12H9ClF4N2. The van der Waals surface area contributed by atoms with Crippen LogP contribution in [0.2, 0.25) is 5.02 Å². The highest BCUT2D eigenvalue weighted by molar-refractivity contribution is 6.31. The Morgan fingerprint density at radius 3 is 2.53 bits per heavy atom. The van der Waals surface area contributed by atoms with Gasteiger partial charge in [-0.3, -0.25) is 0 Å². The average Bonchev–Trinajstić information content (AvgIpc) is 2.28. The third-order valence-electron chi connectivity index (χ3n) is 2.49. The Bertz CT molecular complexity index is 625. The third-order valence-corrected chi connectivity index (χ3v) is 2.71. The summed E-state index contributed by atoms with van der Waals surface area (Å²) >= 11 is 5.71. The van der Waals surface area contributed by atoms with Crippen LogP contribution < -0.4 is 5.32 Å². The lowest BCUT2D eigenvalue weighted by molar-refractivity contribution is -0.140. The molecule has 1 aromatic carbocycles. The molecule has 1 heterocycles. The fraction of sp³-hybridized carbons (Fsp3) is 0.250. The van der Waals surface area contributed by atoms with E-state index in [-0.39, 0.29) is 21.6 Å². The van der Waals surface area contributed by atoms with Gasteiger partial charge in [0.05, 0.1) is 0 Å². The van der Waals surface area contributed by atoms with Crippen molar-refractivity contribution in [2.24, 2.45) is 0 Å². The first-order chi connectivity index (χ1) is 8.82. The van der Waals surface area contributed by atoms with E-state index in [0.29, 0.717) is 6.54 Å². The first-order valence-corrected chi connectivity index (χ1v) is 5.81. The predicted octanol–water partition coefficient (Wildman–Crippen LogP) is 4.48. The standard InChI is InChI=1S/C12H9ClF4N2/c1-2-18-9-5-10(12(15,16)17)19-11-7(9)3-6(13)4-8(11)14/h3-5H,2H2,1H3,(H,18,19). The van der Waals surface area contributed by atoms with Crippen LogP contribution in [-0.2, 0) is 6.18 Å². The second-order valence-electron chi connectivity index (χ2n) is 3.87. The maximum atomic E-state index is 13.7. The van der Waals surface area contributed by atoms with Crippen LogP contribution in [0.1, 0.15) is 12.6 Å². The highest BCUT2D eigenvalue weighted by Gasteiger charge is 2.33. The molecule has 0 bridgehead atoms. The summed E-state index contributed by atoms with van der Waals surface area (Å²) in [7, 11) is 0. The Balaban J connectivity index is 2.79. The molecular weight excluding hydrogens is 284 g/mol. The molecule has 0 saturated carbocycles. The molecule has 0 fully saturated rings. The fourth-order valence-electron chi connectivity index (χ4n) is 1.73. The number of fused-ring (bicyclic) bond motifs is 1. The van der Waals surface area contributed by atoms with Crippen LogP contribution in [0, 0.1) is 5.82 Å². The lowest BCUT2D eigenvalue weighted by atomic mass is 10.1. The number of pyridine rings is 1.